The molecule has 102 valence electrons. The quantitative estimate of drug-likeness (QED) is 0.545. The predicted molar refractivity (Wildman–Crippen MR) is 71.2 cm³/mol. The lowest BCUT2D eigenvalue weighted by Gasteiger charge is -2.37. The second kappa shape index (κ2) is 7.13. The van der Waals surface area contributed by atoms with Gasteiger partial charge in [0.1, 0.15) is 0 Å². The van der Waals surface area contributed by atoms with E-state index in [2.05, 4.69) is 26.0 Å². The van der Waals surface area contributed by atoms with Gasteiger partial charge in [-0.2, -0.15) is 13.2 Å². The Morgan fingerprint density at radius 1 is 1.29 bits per heavy atom. The van der Waals surface area contributed by atoms with E-state index in [1.807, 2.05) is 6.92 Å². The van der Waals surface area contributed by atoms with Gasteiger partial charge in [0, 0.05) is 42.0 Å². The Balaban J connectivity index is 2.49. The van der Waals surface area contributed by atoms with Gasteiger partial charge in [0.25, 0.3) is 0 Å². The zero-order chi connectivity index (χ0) is 12.9. The van der Waals surface area contributed by atoms with E-state index in [1.54, 1.807) is 4.90 Å². The van der Waals surface area contributed by atoms with Crippen molar-refractivity contribution in [3.05, 3.63) is 0 Å². The van der Waals surface area contributed by atoms with Gasteiger partial charge in [-0.05, 0) is 25.8 Å². The fraction of sp³-hybridized carbons (Fsp3) is 1.00. The number of piperidine rings is 1. The highest BCUT2D eigenvalue weighted by Gasteiger charge is 2.34. The van der Waals surface area contributed by atoms with Gasteiger partial charge in [0.05, 0.1) is 6.54 Å². The number of unbranched alkanes of at least 4 members (excludes halogenated alkanes) is 1. The molecule has 1 saturated heterocycles. The minimum atomic E-state index is -4.07. The summed E-state index contributed by atoms with van der Waals surface area (Å²) in [7, 11) is 0. The molecule has 6 heteroatoms. The summed E-state index contributed by atoms with van der Waals surface area (Å²) in [5, 5.41) is 0. The van der Waals surface area contributed by atoms with Crippen LogP contribution in [0, 0.1) is 0 Å². The highest BCUT2D eigenvalue weighted by Crippen LogP contribution is 2.24. The number of alkyl halides is 3. The lowest BCUT2D eigenvalue weighted by atomic mass is 10.0. The standard InChI is InChI=1S/C11H20F3IN2/c1-2-3-6-16(9-11(12,13)14)10-4-7-17(15)8-5-10/h10H,2-9H2,1H3. The first-order valence-corrected chi connectivity index (χ1v) is 7.10. The van der Waals surface area contributed by atoms with Crippen molar-refractivity contribution in [3.8, 4) is 0 Å². The van der Waals surface area contributed by atoms with Crippen LogP contribution in [0.25, 0.3) is 0 Å². The van der Waals surface area contributed by atoms with Crippen molar-refractivity contribution in [1.29, 1.82) is 0 Å². The molecule has 1 aliphatic heterocycles. The topological polar surface area (TPSA) is 6.48 Å². The van der Waals surface area contributed by atoms with E-state index in [0.717, 1.165) is 38.8 Å². The van der Waals surface area contributed by atoms with Crippen molar-refractivity contribution in [1.82, 2.24) is 8.01 Å². The van der Waals surface area contributed by atoms with Gasteiger partial charge >= 0.3 is 6.18 Å². The molecule has 0 bridgehead atoms. The van der Waals surface area contributed by atoms with Crippen LogP contribution in [-0.4, -0.2) is 46.4 Å². The van der Waals surface area contributed by atoms with Crippen molar-refractivity contribution < 1.29 is 13.2 Å². The minimum absolute atomic E-state index is 0.106. The monoisotopic (exact) mass is 364 g/mol. The molecule has 0 unspecified atom stereocenters. The van der Waals surface area contributed by atoms with Gasteiger partial charge in [0.2, 0.25) is 0 Å². The van der Waals surface area contributed by atoms with Crippen LogP contribution in [0.15, 0.2) is 0 Å². The molecular weight excluding hydrogens is 344 g/mol. The molecule has 1 aliphatic rings. The van der Waals surface area contributed by atoms with Crippen LogP contribution in [0.4, 0.5) is 13.2 Å². The van der Waals surface area contributed by atoms with Gasteiger partial charge in [0.15, 0.2) is 0 Å². The molecule has 0 amide bonds. The Bertz CT molecular complexity index is 215. The Morgan fingerprint density at radius 3 is 2.35 bits per heavy atom. The number of rotatable bonds is 5. The van der Waals surface area contributed by atoms with E-state index < -0.39 is 12.7 Å². The maximum absolute atomic E-state index is 12.5. The molecule has 0 aromatic heterocycles. The predicted octanol–water partition coefficient (Wildman–Crippen LogP) is 3.47. The zero-order valence-electron chi connectivity index (χ0n) is 10.1. The van der Waals surface area contributed by atoms with Gasteiger partial charge < -0.3 is 0 Å². The summed E-state index contributed by atoms with van der Waals surface area (Å²) in [6.07, 6.45) is -0.583. The summed E-state index contributed by atoms with van der Waals surface area (Å²) in [6, 6.07) is 0.106. The molecule has 0 spiro atoms. The van der Waals surface area contributed by atoms with Gasteiger partial charge in [-0.15, -0.1) is 0 Å². The molecule has 0 aromatic carbocycles. The Kier molecular flexibility index (Phi) is 6.50. The minimum Gasteiger partial charge on any atom is -0.292 e. The van der Waals surface area contributed by atoms with E-state index in [9.17, 15) is 13.2 Å². The first kappa shape index (κ1) is 15.5. The molecule has 2 nitrogen and oxygen atoms in total. The van der Waals surface area contributed by atoms with Crippen LogP contribution in [0.2, 0.25) is 0 Å². The van der Waals surface area contributed by atoms with E-state index >= 15 is 0 Å². The number of nitrogens with zero attached hydrogens (tertiary/aromatic N) is 2. The molecule has 1 fully saturated rings. The van der Waals surface area contributed by atoms with Crippen LogP contribution in [0.5, 0.6) is 0 Å². The number of hydrogen-bond donors (Lipinski definition) is 0. The van der Waals surface area contributed by atoms with E-state index in [0.29, 0.717) is 6.54 Å². The molecule has 0 saturated carbocycles. The summed E-state index contributed by atoms with van der Waals surface area (Å²) >= 11 is 2.24. The molecule has 1 rings (SSSR count). The molecule has 0 N–H and O–H groups in total. The smallest absolute Gasteiger partial charge is 0.292 e. The Hall–Kier alpha value is 0.440. The maximum atomic E-state index is 12.5. The first-order chi connectivity index (χ1) is 7.92. The highest BCUT2D eigenvalue weighted by molar-refractivity contribution is 14.1. The summed E-state index contributed by atoms with van der Waals surface area (Å²) in [6.45, 7) is 3.62. The summed E-state index contributed by atoms with van der Waals surface area (Å²) in [5.41, 5.74) is 0. The van der Waals surface area contributed by atoms with Crippen molar-refractivity contribution in [2.24, 2.45) is 0 Å². The van der Waals surface area contributed by atoms with Gasteiger partial charge in [-0.1, -0.05) is 13.3 Å². The summed E-state index contributed by atoms with van der Waals surface area (Å²) in [5.74, 6) is 0. The van der Waals surface area contributed by atoms with Crippen LogP contribution in [-0.2, 0) is 0 Å². The highest BCUT2D eigenvalue weighted by atomic mass is 127. The normalized spacial score (nSPS) is 20.1. The van der Waals surface area contributed by atoms with Crippen molar-refractivity contribution in [2.45, 2.75) is 44.8 Å². The number of halogens is 4. The first-order valence-electron chi connectivity index (χ1n) is 6.14. The van der Waals surface area contributed by atoms with Crippen LogP contribution in [0.1, 0.15) is 32.6 Å². The SMILES string of the molecule is CCCCN(CC(F)(F)F)C1CCN(I)CC1. The molecule has 0 aromatic rings. The van der Waals surface area contributed by atoms with Crippen molar-refractivity contribution in [3.63, 3.8) is 0 Å². The number of hydrogen-bond acceptors (Lipinski definition) is 2. The van der Waals surface area contributed by atoms with Gasteiger partial charge in [-0.25, -0.2) is 3.11 Å². The van der Waals surface area contributed by atoms with E-state index in [-0.39, 0.29) is 6.04 Å². The van der Waals surface area contributed by atoms with Crippen molar-refractivity contribution >= 4 is 22.9 Å². The largest absolute Gasteiger partial charge is 0.401 e. The Morgan fingerprint density at radius 2 is 1.88 bits per heavy atom. The summed E-state index contributed by atoms with van der Waals surface area (Å²) < 4.78 is 39.7. The molecule has 1 heterocycles. The van der Waals surface area contributed by atoms with Gasteiger partial charge in [-0.3, -0.25) is 4.90 Å². The lowest BCUT2D eigenvalue weighted by Crippen LogP contribution is -2.46. The fourth-order valence-electron chi connectivity index (χ4n) is 2.18. The maximum Gasteiger partial charge on any atom is 0.401 e. The van der Waals surface area contributed by atoms with Crippen molar-refractivity contribution in [2.75, 3.05) is 26.2 Å². The third kappa shape index (κ3) is 6.24. The van der Waals surface area contributed by atoms with E-state index in [1.165, 1.54) is 0 Å². The molecule has 0 atom stereocenters. The van der Waals surface area contributed by atoms with Crippen LogP contribution in [0.3, 0.4) is 0 Å². The molecule has 0 radical (unpaired) electrons. The third-order valence-corrected chi connectivity index (χ3v) is 4.07. The zero-order valence-corrected chi connectivity index (χ0v) is 12.3. The average molecular weight is 364 g/mol. The second-order valence-corrected chi connectivity index (χ2v) is 5.94. The summed E-state index contributed by atoms with van der Waals surface area (Å²) in [4.78, 5) is 1.63. The third-order valence-electron chi connectivity index (χ3n) is 3.11. The van der Waals surface area contributed by atoms with E-state index in [4.69, 9.17) is 0 Å². The average Bonchev–Trinajstić information content (AvgIpc) is 2.24. The Labute approximate surface area is 115 Å². The van der Waals surface area contributed by atoms with Crippen LogP contribution >= 0.6 is 22.9 Å². The molecule has 17 heavy (non-hydrogen) atoms. The fourth-order valence-corrected chi connectivity index (χ4v) is 2.74. The molecular formula is C11H20F3IN2. The second-order valence-electron chi connectivity index (χ2n) is 4.58. The molecule has 0 aliphatic carbocycles. The lowest BCUT2D eigenvalue weighted by molar-refractivity contribution is -0.152. The van der Waals surface area contributed by atoms with Crippen LogP contribution < -0.4 is 0 Å².